The van der Waals surface area contributed by atoms with Crippen molar-refractivity contribution in [2.24, 2.45) is 0 Å². The van der Waals surface area contributed by atoms with Crippen LogP contribution in [0.2, 0.25) is 0 Å². The molecule has 1 aliphatic rings. The van der Waals surface area contributed by atoms with Crippen molar-refractivity contribution in [1.29, 1.82) is 0 Å². The molecular formula is C17H22N4O3. The van der Waals surface area contributed by atoms with Gasteiger partial charge in [0.1, 0.15) is 6.10 Å². The second-order valence-corrected chi connectivity index (χ2v) is 5.87. The summed E-state index contributed by atoms with van der Waals surface area (Å²) in [5, 5.41) is 6.72. The van der Waals surface area contributed by atoms with Crippen LogP contribution in [0.3, 0.4) is 0 Å². The molecule has 1 aromatic heterocycles. The number of nitrogens with zero attached hydrogens (tertiary/aromatic N) is 3. The largest absolute Gasteiger partial charge is 0.371 e. The summed E-state index contributed by atoms with van der Waals surface area (Å²) in [6.45, 7) is 7.32. The van der Waals surface area contributed by atoms with Crippen LogP contribution in [0.5, 0.6) is 0 Å². The van der Waals surface area contributed by atoms with Gasteiger partial charge in [0.25, 0.3) is 0 Å². The van der Waals surface area contributed by atoms with E-state index in [0.29, 0.717) is 30.8 Å². The minimum absolute atomic E-state index is 0.163. The number of carbonyl (C=O) groups excluding carboxylic acids is 1. The predicted octanol–water partition coefficient (Wildman–Crippen LogP) is 3.00. The lowest BCUT2D eigenvalue weighted by Gasteiger charge is -2.17. The van der Waals surface area contributed by atoms with Gasteiger partial charge in [-0.05, 0) is 25.5 Å². The van der Waals surface area contributed by atoms with Crippen LogP contribution in [-0.2, 0) is 11.3 Å². The molecule has 7 nitrogen and oxygen atoms in total. The van der Waals surface area contributed by atoms with E-state index in [-0.39, 0.29) is 18.7 Å². The minimum atomic E-state index is -0.227. The number of amides is 2. The third-order valence-corrected chi connectivity index (χ3v) is 4.11. The highest BCUT2D eigenvalue weighted by Gasteiger charge is 2.29. The standard InChI is InChI=1S/C17H22N4O3/c1-4-23-12(3)16-19-15(24-20-16)9-18-17(22)21-10-11(2)13-7-5-6-8-14(13)21/h5-8,11-12H,4,9-10H2,1-3H3,(H,18,22)/t11-,12+/m0/s1. The lowest BCUT2D eigenvalue weighted by atomic mass is 10.0. The zero-order valence-corrected chi connectivity index (χ0v) is 14.2. The summed E-state index contributed by atoms with van der Waals surface area (Å²) in [6.07, 6.45) is -0.227. The van der Waals surface area contributed by atoms with E-state index in [2.05, 4.69) is 28.4 Å². The van der Waals surface area contributed by atoms with Crippen LogP contribution in [0.25, 0.3) is 0 Å². The molecule has 1 aromatic carbocycles. The normalized spacial score (nSPS) is 17.6. The van der Waals surface area contributed by atoms with E-state index in [9.17, 15) is 4.79 Å². The maximum absolute atomic E-state index is 12.5. The topological polar surface area (TPSA) is 80.5 Å². The molecule has 2 atom stereocenters. The Morgan fingerprint density at radius 3 is 3.08 bits per heavy atom. The van der Waals surface area contributed by atoms with E-state index < -0.39 is 0 Å². The third-order valence-electron chi connectivity index (χ3n) is 4.11. The first-order chi connectivity index (χ1) is 11.6. The Morgan fingerprint density at radius 2 is 2.29 bits per heavy atom. The van der Waals surface area contributed by atoms with Gasteiger partial charge >= 0.3 is 6.03 Å². The highest BCUT2D eigenvalue weighted by molar-refractivity contribution is 5.94. The number of carbonyl (C=O) groups is 1. The fourth-order valence-corrected chi connectivity index (χ4v) is 2.89. The number of nitrogens with one attached hydrogen (secondary N) is 1. The van der Waals surface area contributed by atoms with Gasteiger partial charge in [-0.2, -0.15) is 4.98 Å². The average Bonchev–Trinajstić information content (AvgIpc) is 3.19. The van der Waals surface area contributed by atoms with E-state index in [4.69, 9.17) is 9.26 Å². The van der Waals surface area contributed by atoms with Crippen molar-refractivity contribution in [2.75, 3.05) is 18.1 Å². The van der Waals surface area contributed by atoms with Crippen molar-refractivity contribution in [2.45, 2.75) is 39.3 Å². The number of hydrogen-bond acceptors (Lipinski definition) is 5. The lowest BCUT2D eigenvalue weighted by molar-refractivity contribution is 0.0683. The molecule has 3 rings (SSSR count). The van der Waals surface area contributed by atoms with Gasteiger partial charge in [0.15, 0.2) is 5.82 Å². The van der Waals surface area contributed by atoms with Crippen molar-refractivity contribution in [3.8, 4) is 0 Å². The highest BCUT2D eigenvalue weighted by Crippen LogP contribution is 2.35. The SMILES string of the molecule is CCO[C@H](C)c1noc(CNC(=O)N2C[C@H](C)c3ccccc32)n1. The molecule has 0 aliphatic carbocycles. The van der Waals surface area contributed by atoms with E-state index >= 15 is 0 Å². The molecule has 2 aromatic rings. The molecule has 0 saturated heterocycles. The first-order valence-corrected chi connectivity index (χ1v) is 8.18. The molecule has 0 unspecified atom stereocenters. The summed E-state index contributed by atoms with van der Waals surface area (Å²) in [5.41, 5.74) is 2.15. The second kappa shape index (κ2) is 7.00. The zero-order valence-electron chi connectivity index (χ0n) is 14.2. The average molecular weight is 330 g/mol. The molecule has 0 spiro atoms. The molecular weight excluding hydrogens is 308 g/mol. The highest BCUT2D eigenvalue weighted by atomic mass is 16.5. The Hall–Kier alpha value is -2.41. The fraction of sp³-hybridized carbons (Fsp3) is 0.471. The number of ether oxygens (including phenoxy) is 1. The maximum atomic E-state index is 12.5. The van der Waals surface area contributed by atoms with Gasteiger partial charge in [0.2, 0.25) is 5.89 Å². The molecule has 0 bridgehead atoms. The number of aromatic nitrogens is 2. The minimum Gasteiger partial charge on any atom is -0.371 e. The smallest absolute Gasteiger partial charge is 0.322 e. The van der Waals surface area contributed by atoms with Crippen LogP contribution < -0.4 is 10.2 Å². The molecule has 7 heteroatoms. The molecule has 2 heterocycles. The Labute approximate surface area is 141 Å². The van der Waals surface area contributed by atoms with Crippen LogP contribution >= 0.6 is 0 Å². The quantitative estimate of drug-likeness (QED) is 0.911. The van der Waals surface area contributed by atoms with Gasteiger partial charge in [-0.3, -0.25) is 4.90 Å². The van der Waals surface area contributed by atoms with Crippen molar-refractivity contribution < 1.29 is 14.1 Å². The van der Waals surface area contributed by atoms with Crippen LogP contribution in [0, 0.1) is 0 Å². The van der Waals surface area contributed by atoms with Gasteiger partial charge in [0, 0.05) is 24.8 Å². The molecule has 1 aliphatic heterocycles. The summed E-state index contributed by atoms with van der Waals surface area (Å²) >= 11 is 0. The van der Waals surface area contributed by atoms with Crippen LogP contribution in [0.4, 0.5) is 10.5 Å². The van der Waals surface area contributed by atoms with E-state index in [1.54, 1.807) is 4.90 Å². The van der Waals surface area contributed by atoms with Crippen molar-refractivity contribution in [3.05, 3.63) is 41.5 Å². The molecule has 2 amide bonds. The van der Waals surface area contributed by atoms with E-state index in [0.717, 1.165) is 5.69 Å². The Kier molecular flexibility index (Phi) is 4.80. The summed E-state index contributed by atoms with van der Waals surface area (Å²) in [4.78, 5) is 18.5. The predicted molar refractivity (Wildman–Crippen MR) is 88.8 cm³/mol. The molecule has 0 radical (unpaired) electrons. The Morgan fingerprint density at radius 1 is 1.50 bits per heavy atom. The maximum Gasteiger partial charge on any atom is 0.322 e. The third kappa shape index (κ3) is 3.26. The first kappa shape index (κ1) is 16.4. The molecule has 0 saturated carbocycles. The number of fused-ring (bicyclic) bond motifs is 1. The number of urea groups is 1. The van der Waals surface area contributed by atoms with Crippen molar-refractivity contribution in [1.82, 2.24) is 15.5 Å². The molecule has 24 heavy (non-hydrogen) atoms. The zero-order chi connectivity index (χ0) is 17.1. The van der Waals surface area contributed by atoms with Crippen molar-refractivity contribution in [3.63, 3.8) is 0 Å². The number of hydrogen-bond donors (Lipinski definition) is 1. The van der Waals surface area contributed by atoms with Gasteiger partial charge in [0.05, 0.1) is 6.54 Å². The number of rotatable bonds is 5. The molecule has 1 N–H and O–H groups in total. The molecule has 128 valence electrons. The number of para-hydroxylation sites is 1. The van der Waals surface area contributed by atoms with Gasteiger partial charge in [-0.15, -0.1) is 0 Å². The van der Waals surface area contributed by atoms with Gasteiger partial charge < -0.3 is 14.6 Å². The Bertz CT molecular complexity index is 715. The van der Waals surface area contributed by atoms with Crippen LogP contribution in [0.15, 0.2) is 28.8 Å². The van der Waals surface area contributed by atoms with E-state index in [1.807, 2.05) is 32.0 Å². The van der Waals surface area contributed by atoms with Gasteiger partial charge in [-0.25, -0.2) is 4.79 Å². The van der Waals surface area contributed by atoms with Gasteiger partial charge in [-0.1, -0.05) is 30.3 Å². The van der Waals surface area contributed by atoms with E-state index in [1.165, 1.54) is 5.56 Å². The number of benzene rings is 1. The van der Waals surface area contributed by atoms with Crippen LogP contribution in [0.1, 0.15) is 50.1 Å². The number of anilines is 1. The monoisotopic (exact) mass is 330 g/mol. The summed E-state index contributed by atoms with van der Waals surface area (Å²) in [5.74, 6) is 1.18. The van der Waals surface area contributed by atoms with Crippen LogP contribution in [-0.4, -0.2) is 29.3 Å². The lowest BCUT2D eigenvalue weighted by Crippen LogP contribution is -2.38. The summed E-state index contributed by atoms with van der Waals surface area (Å²) in [7, 11) is 0. The Balaban J connectivity index is 1.61. The van der Waals surface area contributed by atoms with Crippen molar-refractivity contribution >= 4 is 11.7 Å². The summed E-state index contributed by atoms with van der Waals surface area (Å²) in [6, 6.07) is 7.80. The summed E-state index contributed by atoms with van der Waals surface area (Å²) < 4.78 is 10.6. The fourth-order valence-electron chi connectivity index (χ4n) is 2.89. The molecule has 0 fully saturated rings. The second-order valence-electron chi connectivity index (χ2n) is 5.87. The first-order valence-electron chi connectivity index (χ1n) is 8.18.